The number of nitrogens with two attached hydrogens (primary N) is 2. The summed E-state index contributed by atoms with van der Waals surface area (Å²) in [7, 11) is -4.27. The van der Waals surface area contributed by atoms with Gasteiger partial charge in [0.25, 0.3) is 0 Å². The summed E-state index contributed by atoms with van der Waals surface area (Å²) in [5.74, 6) is 0.172. The van der Waals surface area contributed by atoms with Crippen molar-refractivity contribution in [3.05, 3.63) is 6.33 Å². The van der Waals surface area contributed by atoms with Crippen LogP contribution in [0, 0.1) is 0 Å². The van der Waals surface area contributed by atoms with Crippen LogP contribution in [0.3, 0.4) is 0 Å². The average Bonchev–Trinajstić information content (AvgIpc) is 3.35. The molecule has 5 N–H and O–H groups in total. The molecule has 2 fully saturated rings. The van der Waals surface area contributed by atoms with Crippen molar-refractivity contribution in [1.29, 1.82) is 0 Å². The number of aliphatic hydroxyl groups is 1. The second-order valence-corrected chi connectivity index (χ2v) is 9.10. The minimum atomic E-state index is -4.27. The first-order valence-electron chi connectivity index (χ1n) is 8.62. The van der Waals surface area contributed by atoms with E-state index in [1.807, 2.05) is 0 Å². The molecular formula is C14H19FN6O6S2. The molecule has 0 aliphatic carbocycles. The number of hydrogen-bond donors (Lipinski definition) is 3. The summed E-state index contributed by atoms with van der Waals surface area (Å²) in [6.45, 7) is 0.538. The Labute approximate surface area is 169 Å². The van der Waals surface area contributed by atoms with E-state index in [0.717, 1.165) is 6.42 Å². The topological polar surface area (TPSA) is 178 Å². The van der Waals surface area contributed by atoms with Crippen molar-refractivity contribution in [1.82, 2.24) is 19.7 Å². The van der Waals surface area contributed by atoms with Gasteiger partial charge in [0, 0.05) is 11.9 Å². The van der Waals surface area contributed by atoms with Gasteiger partial charge in [0.2, 0.25) is 0 Å². The number of aromatic nitrogens is 4. The number of hydrogen-bond acceptors (Lipinski definition) is 11. The van der Waals surface area contributed by atoms with Gasteiger partial charge >= 0.3 is 10.3 Å². The van der Waals surface area contributed by atoms with Crippen LogP contribution >= 0.6 is 11.8 Å². The van der Waals surface area contributed by atoms with Crippen molar-refractivity contribution in [3.8, 4) is 0 Å². The van der Waals surface area contributed by atoms with Crippen LogP contribution in [0.2, 0.25) is 0 Å². The molecule has 2 saturated heterocycles. The van der Waals surface area contributed by atoms with E-state index >= 15 is 0 Å². The lowest BCUT2D eigenvalue weighted by molar-refractivity contribution is -0.0456. The van der Waals surface area contributed by atoms with E-state index in [2.05, 4.69) is 19.2 Å². The maximum atomic E-state index is 14.8. The fourth-order valence-electron chi connectivity index (χ4n) is 3.19. The summed E-state index contributed by atoms with van der Waals surface area (Å²) < 4.78 is 53.2. The Bertz CT molecular complexity index is 1000. The summed E-state index contributed by atoms with van der Waals surface area (Å²) in [5.41, 5.74) is 6.22. The Morgan fingerprint density at radius 1 is 1.45 bits per heavy atom. The van der Waals surface area contributed by atoms with Crippen LogP contribution in [0.15, 0.2) is 11.4 Å². The Hall–Kier alpha value is -1.62. The summed E-state index contributed by atoms with van der Waals surface area (Å²) in [5, 5.41) is 20.4. The smallest absolute Gasteiger partial charge is 0.333 e. The first-order chi connectivity index (χ1) is 13.7. The SMILES string of the molecule is Nc1ncnc2c1c(SC1CCOC1)nn2[C@@H]1O[C@H](COS(N)(=O)=O)[C@@H](O)[C@@H]1F. The molecule has 4 rings (SSSR count). The van der Waals surface area contributed by atoms with Crippen LogP contribution in [-0.2, 0) is 24.0 Å². The molecule has 1 unspecified atom stereocenters. The molecule has 4 heterocycles. The van der Waals surface area contributed by atoms with Crippen LogP contribution in [0.25, 0.3) is 11.0 Å². The van der Waals surface area contributed by atoms with E-state index in [4.69, 9.17) is 20.3 Å². The number of nitrogen functional groups attached to an aromatic ring is 1. The van der Waals surface area contributed by atoms with Gasteiger partial charge in [0.15, 0.2) is 18.0 Å². The zero-order valence-electron chi connectivity index (χ0n) is 14.9. The van der Waals surface area contributed by atoms with E-state index in [9.17, 15) is 17.9 Å². The van der Waals surface area contributed by atoms with Gasteiger partial charge in [-0.2, -0.15) is 13.5 Å². The summed E-state index contributed by atoms with van der Waals surface area (Å²) >= 11 is 1.41. The van der Waals surface area contributed by atoms with Crippen molar-refractivity contribution in [2.24, 2.45) is 5.14 Å². The first kappa shape index (κ1) is 20.6. The minimum Gasteiger partial charge on any atom is -0.387 e. The van der Waals surface area contributed by atoms with Gasteiger partial charge in [-0.3, -0.25) is 4.18 Å². The minimum absolute atomic E-state index is 0.147. The summed E-state index contributed by atoms with van der Waals surface area (Å²) in [6.07, 6.45) is -4.18. The fraction of sp³-hybridized carbons (Fsp3) is 0.643. The molecular weight excluding hydrogens is 431 g/mol. The van der Waals surface area contributed by atoms with Crippen molar-refractivity contribution in [3.63, 3.8) is 0 Å². The fourth-order valence-corrected chi connectivity index (χ4v) is 4.65. The quantitative estimate of drug-likeness (QED) is 0.497. The maximum Gasteiger partial charge on any atom is 0.333 e. The van der Waals surface area contributed by atoms with Crippen molar-refractivity contribution in [2.45, 2.75) is 41.3 Å². The summed E-state index contributed by atoms with van der Waals surface area (Å²) in [6, 6.07) is 0. The summed E-state index contributed by atoms with van der Waals surface area (Å²) in [4.78, 5) is 8.11. The van der Waals surface area contributed by atoms with Crippen LogP contribution in [0.4, 0.5) is 10.2 Å². The van der Waals surface area contributed by atoms with Gasteiger partial charge in [0.05, 0.1) is 18.6 Å². The zero-order valence-corrected chi connectivity index (χ0v) is 16.6. The number of rotatable bonds is 6. The molecule has 2 aliphatic heterocycles. The predicted molar refractivity (Wildman–Crippen MR) is 98.7 cm³/mol. The lowest BCUT2D eigenvalue weighted by Gasteiger charge is -2.14. The molecule has 0 aromatic carbocycles. The molecule has 0 bridgehead atoms. The van der Waals surface area contributed by atoms with Gasteiger partial charge in [-0.15, -0.1) is 0 Å². The molecule has 160 valence electrons. The number of anilines is 1. The largest absolute Gasteiger partial charge is 0.387 e. The highest BCUT2D eigenvalue weighted by molar-refractivity contribution is 8.00. The van der Waals surface area contributed by atoms with Gasteiger partial charge in [-0.1, -0.05) is 11.8 Å². The zero-order chi connectivity index (χ0) is 20.8. The molecule has 2 aliphatic rings. The van der Waals surface area contributed by atoms with Crippen molar-refractivity contribution < 1.29 is 31.6 Å². The number of fused-ring (bicyclic) bond motifs is 1. The Balaban J connectivity index is 1.65. The number of thioether (sulfide) groups is 1. The van der Waals surface area contributed by atoms with Gasteiger partial charge in [0.1, 0.15) is 29.4 Å². The molecule has 2 aromatic heterocycles. The number of nitrogens with zero attached hydrogens (tertiary/aromatic N) is 4. The standard InChI is InChI=1S/C14H19FN6O6S2/c15-9-10(22)7(4-26-29(17,23)24)27-14(9)21-12-8(11(16)18-5-19-12)13(20-21)28-6-1-2-25-3-6/h5-7,9-10,14,22H,1-4H2,(H2,16,18,19)(H2,17,23,24)/t6?,7-,9+,10-,14-/m1/s1. The van der Waals surface area contributed by atoms with Crippen LogP contribution in [-0.4, -0.2) is 76.7 Å². The van der Waals surface area contributed by atoms with Gasteiger partial charge in [-0.25, -0.2) is 24.2 Å². The number of aliphatic hydroxyl groups excluding tert-OH is 1. The molecule has 0 saturated carbocycles. The van der Waals surface area contributed by atoms with Crippen molar-refractivity contribution >= 4 is 38.9 Å². The molecule has 12 nitrogen and oxygen atoms in total. The van der Waals surface area contributed by atoms with E-state index in [1.54, 1.807) is 0 Å². The molecule has 0 spiro atoms. The van der Waals surface area contributed by atoms with E-state index in [0.29, 0.717) is 23.6 Å². The monoisotopic (exact) mass is 450 g/mol. The van der Waals surface area contributed by atoms with Gasteiger partial charge < -0.3 is 20.3 Å². The molecule has 29 heavy (non-hydrogen) atoms. The third kappa shape index (κ3) is 4.16. The normalized spacial score (nSPS) is 30.4. The molecule has 5 atom stereocenters. The third-order valence-corrected chi connectivity index (χ3v) is 6.26. The Morgan fingerprint density at radius 3 is 2.93 bits per heavy atom. The average molecular weight is 450 g/mol. The number of halogens is 1. The molecule has 2 aromatic rings. The van der Waals surface area contributed by atoms with Gasteiger partial charge in [-0.05, 0) is 6.42 Å². The number of ether oxygens (including phenoxy) is 2. The van der Waals surface area contributed by atoms with Crippen LogP contribution in [0.1, 0.15) is 12.6 Å². The predicted octanol–water partition coefficient (Wildman–Crippen LogP) is -0.894. The molecule has 0 radical (unpaired) electrons. The highest BCUT2D eigenvalue weighted by atomic mass is 32.2. The van der Waals surface area contributed by atoms with E-state index < -0.39 is 41.5 Å². The van der Waals surface area contributed by atoms with E-state index in [1.165, 1.54) is 22.8 Å². The van der Waals surface area contributed by atoms with Crippen molar-refractivity contribution in [2.75, 3.05) is 25.6 Å². The second-order valence-electron chi connectivity index (χ2n) is 6.59. The number of alkyl halides is 1. The highest BCUT2D eigenvalue weighted by Crippen LogP contribution is 2.39. The van der Waals surface area contributed by atoms with E-state index in [-0.39, 0.29) is 16.7 Å². The lowest BCUT2D eigenvalue weighted by atomic mass is 10.1. The first-order valence-corrected chi connectivity index (χ1v) is 11.0. The van der Waals surface area contributed by atoms with Crippen LogP contribution < -0.4 is 10.9 Å². The maximum absolute atomic E-state index is 14.8. The van der Waals surface area contributed by atoms with Crippen LogP contribution in [0.5, 0.6) is 0 Å². The third-order valence-electron chi connectivity index (χ3n) is 4.58. The molecule has 15 heteroatoms. The lowest BCUT2D eigenvalue weighted by Crippen LogP contribution is -2.33. The highest BCUT2D eigenvalue weighted by Gasteiger charge is 2.47. The molecule has 0 amide bonds. The Morgan fingerprint density at radius 2 is 2.24 bits per heavy atom. The second kappa shape index (κ2) is 7.90. The Kier molecular flexibility index (Phi) is 5.62.